The molecule has 0 aliphatic carbocycles. The van der Waals surface area contributed by atoms with E-state index in [2.05, 4.69) is 5.32 Å². The number of aryl methyl sites for hydroxylation is 3. The van der Waals surface area contributed by atoms with Crippen LogP contribution in [0.3, 0.4) is 0 Å². The Bertz CT molecular complexity index is 798. The number of imide groups is 1. The third-order valence-electron chi connectivity index (χ3n) is 4.48. The molecule has 0 radical (unpaired) electrons. The molecule has 0 bridgehead atoms. The third kappa shape index (κ3) is 2.92. The monoisotopic (exact) mass is 322 g/mol. The zero-order chi connectivity index (χ0) is 17.3. The van der Waals surface area contributed by atoms with Crippen LogP contribution in [0.1, 0.15) is 30.0 Å². The summed E-state index contributed by atoms with van der Waals surface area (Å²) in [5.41, 5.74) is 4.81. The minimum Gasteiger partial charge on any atom is -0.373 e. The second-order valence-corrected chi connectivity index (χ2v) is 6.27. The number of amides is 2. The summed E-state index contributed by atoms with van der Waals surface area (Å²) in [7, 11) is 0. The van der Waals surface area contributed by atoms with Gasteiger partial charge < -0.3 is 5.32 Å². The zero-order valence-electron chi connectivity index (χ0n) is 14.3. The molecule has 2 amide bonds. The zero-order valence-corrected chi connectivity index (χ0v) is 14.3. The van der Waals surface area contributed by atoms with Crippen molar-refractivity contribution in [2.45, 2.75) is 39.7 Å². The van der Waals surface area contributed by atoms with Crippen LogP contribution in [0.15, 0.2) is 42.5 Å². The predicted molar refractivity (Wildman–Crippen MR) is 96.3 cm³/mol. The van der Waals surface area contributed by atoms with Gasteiger partial charge in [0.25, 0.3) is 5.91 Å². The van der Waals surface area contributed by atoms with E-state index in [9.17, 15) is 9.59 Å². The number of nitrogens with one attached hydrogen (secondary N) is 1. The lowest BCUT2D eigenvalue weighted by Gasteiger charge is -2.19. The molecule has 124 valence electrons. The highest BCUT2D eigenvalue weighted by Crippen LogP contribution is 2.29. The molecule has 1 saturated heterocycles. The van der Waals surface area contributed by atoms with Gasteiger partial charge in [-0.05, 0) is 49.1 Å². The lowest BCUT2D eigenvalue weighted by molar-refractivity contribution is -0.121. The average Bonchev–Trinajstić information content (AvgIpc) is 2.84. The second kappa shape index (κ2) is 6.48. The maximum absolute atomic E-state index is 12.8. The van der Waals surface area contributed by atoms with E-state index >= 15 is 0 Å². The van der Waals surface area contributed by atoms with Crippen LogP contribution in [-0.4, -0.2) is 17.9 Å². The lowest BCUT2D eigenvalue weighted by atomic mass is 10.1. The summed E-state index contributed by atoms with van der Waals surface area (Å²) >= 11 is 0. The largest absolute Gasteiger partial charge is 0.373 e. The Kier molecular flexibility index (Phi) is 4.38. The number of hydrogen-bond donors (Lipinski definition) is 1. The average molecular weight is 322 g/mol. The topological polar surface area (TPSA) is 49.4 Å². The van der Waals surface area contributed by atoms with Crippen LogP contribution in [0.4, 0.5) is 11.4 Å². The highest BCUT2D eigenvalue weighted by atomic mass is 16.2. The number of carbonyl (C=O) groups is 2. The van der Waals surface area contributed by atoms with Crippen molar-refractivity contribution in [1.82, 2.24) is 0 Å². The molecule has 0 aromatic heterocycles. The van der Waals surface area contributed by atoms with Crippen LogP contribution in [0.25, 0.3) is 0 Å². The van der Waals surface area contributed by atoms with Gasteiger partial charge in [-0.2, -0.15) is 0 Å². The van der Waals surface area contributed by atoms with E-state index in [1.807, 2.05) is 63.2 Å². The van der Waals surface area contributed by atoms with E-state index in [0.717, 1.165) is 28.8 Å². The fraction of sp³-hybridized carbons (Fsp3) is 0.300. The molecule has 1 N–H and O–H groups in total. The summed E-state index contributed by atoms with van der Waals surface area (Å²) in [6.45, 7) is 6.03. The molecule has 1 atom stereocenters. The van der Waals surface area contributed by atoms with Crippen LogP contribution >= 0.6 is 0 Å². The van der Waals surface area contributed by atoms with Crippen LogP contribution in [0.5, 0.6) is 0 Å². The molecule has 3 rings (SSSR count). The highest BCUT2D eigenvalue weighted by Gasteiger charge is 2.40. The molecular formula is C20H22N2O2. The Morgan fingerprint density at radius 1 is 1.12 bits per heavy atom. The van der Waals surface area contributed by atoms with Crippen LogP contribution in [0, 0.1) is 13.8 Å². The minimum atomic E-state index is -0.511. The van der Waals surface area contributed by atoms with Crippen LogP contribution < -0.4 is 10.2 Å². The van der Waals surface area contributed by atoms with Gasteiger partial charge in [-0.3, -0.25) is 9.59 Å². The number of hydrogen-bond acceptors (Lipinski definition) is 3. The van der Waals surface area contributed by atoms with Gasteiger partial charge >= 0.3 is 0 Å². The Hall–Kier alpha value is -2.62. The summed E-state index contributed by atoms with van der Waals surface area (Å²) in [6, 6.07) is 13.1. The quantitative estimate of drug-likeness (QED) is 0.875. The maximum Gasteiger partial charge on any atom is 0.256 e. The standard InChI is InChI=1S/C20H22N2O2/c1-4-15-7-5-6-8-18(15)22-19(23)12-17(20(22)24)21-16-11-13(2)9-10-14(16)3/h5-11,17,21H,4,12H2,1-3H3/t17-/m0/s1. The van der Waals surface area contributed by atoms with Gasteiger partial charge in [-0.15, -0.1) is 0 Å². The Labute approximate surface area is 142 Å². The van der Waals surface area contributed by atoms with E-state index < -0.39 is 6.04 Å². The van der Waals surface area contributed by atoms with Gasteiger partial charge in [0.05, 0.1) is 12.1 Å². The molecule has 0 unspecified atom stereocenters. The molecule has 24 heavy (non-hydrogen) atoms. The SMILES string of the molecule is CCc1ccccc1N1C(=O)C[C@H](Nc2cc(C)ccc2C)C1=O. The van der Waals surface area contributed by atoms with Crippen molar-refractivity contribution in [3.05, 3.63) is 59.2 Å². The van der Waals surface area contributed by atoms with Crippen molar-refractivity contribution in [1.29, 1.82) is 0 Å². The second-order valence-electron chi connectivity index (χ2n) is 6.27. The molecule has 0 saturated carbocycles. The van der Waals surface area contributed by atoms with Crippen molar-refractivity contribution >= 4 is 23.2 Å². The maximum atomic E-state index is 12.8. The summed E-state index contributed by atoms with van der Waals surface area (Å²) in [4.78, 5) is 26.6. The molecule has 1 aliphatic heterocycles. The van der Waals surface area contributed by atoms with Crippen molar-refractivity contribution in [3.63, 3.8) is 0 Å². The third-order valence-corrected chi connectivity index (χ3v) is 4.48. The van der Waals surface area contributed by atoms with Gasteiger partial charge in [-0.1, -0.05) is 37.3 Å². The van der Waals surface area contributed by atoms with E-state index in [4.69, 9.17) is 0 Å². The molecule has 4 heteroatoms. The number of anilines is 2. The number of para-hydroxylation sites is 1. The van der Waals surface area contributed by atoms with E-state index in [0.29, 0.717) is 5.69 Å². The fourth-order valence-corrected chi connectivity index (χ4v) is 3.10. The molecule has 1 heterocycles. The van der Waals surface area contributed by atoms with E-state index in [1.54, 1.807) is 0 Å². The van der Waals surface area contributed by atoms with Gasteiger partial charge in [0.1, 0.15) is 6.04 Å². The molecule has 1 fully saturated rings. The molecule has 2 aromatic rings. The van der Waals surface area contributed by atoms with Gasteiger partial charge in [0.15, 0.2) is 0 Å². The summed E-state index contributed by atoms with van der Waals surface area (Å²) in [5, 5.41) is 3.26. The molecule has 2 aromatic carbocycles. The van der Waals surface area contributed by atoms with Crippen molar-refractivity contribution in [3.8, 4) is 0 Å². The van der Waals surface area contributed by atoms with E-state index in [1.165, 1.54) is 4.90 Å². The van der Waals surface area contributed by atoms with Crippen molar-refractivity contribution in [2.24, 2.45) is 0 Å². The lowest BCUT2D eigenvalue weighted by Crippen LogP contribution is -2.35. The number of nitrogens with zero attached hydrogens (tertiary/aromatic N) is 1. The summed E-state index contributed by atoms with van der Waals surface area (Å²) < 4.78 is 0. The van der Waals surface area contributed by atoms with Gasteiger partial charge in [0.2, 0.25) is 5.91 Å². The van der Waals surface area contributed by atoms with Crippen molar-refractivity contribution in [2.75, 3.05) is 10.2 Å². The molecular weight excluding hydrogens is 300 g/mol. The first kappa shape index (κ1) is 16.2. The fourth-order valence-electron chi connectivity index (χ4n) is 3.10. The highest BCUT2D eigenvalue weighted by molar-refractivity contribution is 6.23. The van der Waals surface area contributed by atoms with Crippen LogP contribution in [-0.2, 0) is 16.0 Å². The first-order valence-corrected chi connectivity index (χ1v) is 8.29. The van der Waals surface area contributed by atoms with Crippen molar-refractivity contribution < 1.29 is 9.59 Å². The number of benzene rings is 2. The Morgan fingerprint density at radius 2 is 1.88 bits per heavy atom. The summed E-state index contributed by atoms with van der Waals surface area (Å²) in [5.74, 6) is -0.328. The molecule has 1 aliphatic rings. The number of rotatable bonds is 4. The van der Waals surface area contributed by atoms with E-state index in [-0.39, 0.29) is 18.2 Å². The predicted octanol–water partition coefficient (Wildman–Crippen LogP) is 3.61. The minimum absolute atomic E-state index is 0.149. The first-order valence-electron chi connectivity index (χ1n) is 8.29. The van der Waals surface area contributed by atoms with Crippen LogP contribution in [0.2, 0.25) is 0 Å². The molecule has 0 spiro atoms. The molecule has 4 nitrogen and oxygen atoms in total. The first-order chi connectivity index (χ1) is 11.5. The Morgan fingerprint density at radius 3 is 2.62 bits per heavy atom. The normalized spacial score (nSPS) is 17.5. The smallest absolute Gasteiger partial charge is 0.256 e. The Balaban J connectivity index is 1.88. The van der Waals surface area contributed by atoms with Gasteiger partial charge in [0, 0.05) is 5.69 Å². The number of carbonyl (C=O) groups excluding carboxylic acids is 2. The summed E-state index contributed by atoms with van der Waals surface area (Å²) in [6.07, 6.45) is 0.965. The van der Waals surface area contributed by atoms with Gasteiger partial charge in [-0.25, -0.2) is 4.90 Å².